The van der Waals surface area contributed by atoms with E-state index in [4.69, 9.17) is 14.8 Å². The zero-order valence-corrected chi connectivity index (χ0v) is 21.7. The molecule has 0 aliphatic carbocycles. The largest absolute Gasteiger partial charge is 0.488 e. The van der Waals surface area contributed by atoms with Gasteiger partial charge < -0.3 is 9.64 Å². The Morgan fingerprint density at radius 3 is 2.76 bits per heavy atom. The van der Waals surface area contributed by atoms with Gasteiger partial charge in [-0.1, -0.05) is 13.3 Å². The Kier molecular flexibility index (Phi) is 6.64. The molecule has 0 unspecified atom stereocenters. The summed E-state index contributed by atoms with van der Waals surface area (Å²) in [5.41, 5.74) is 5.96. The van der Waals surface area contributed by atoms with Crippen molar-refractivity contribution in [2.24, 2.45) is 0 Å². The van der Waals surface area contributed by atoms with Crippen LogP contribution in [-0.4, -0.2) is 62.0 Å². The van der Waals surface area contributed by atoms with Crippen molar-refractivity contribution < 1.29 is 22.7 Å². The number of aromatic nitrogens is 3. The highest BCUT2D eigenvalue weighted by atomic mass is 19.3. The molecule has 1 amide bonds. The van der Waals surface area contributed by atoms with Crippen LogP contribution in [0, 0.1) is 19.7 Å². The first-order chi connectivity index (χ1) is 17.5. The number of hydrogen-bond donors (Lipinski definition) is 0. The second kappa shape index (κ2) is 9.63. The summed E-state index contributed by atoms with van der Waals surface area (Å²) in [5, 5.41) is 4.76. The first kappa shape index (κ1) is 25.5. The first-order valence-corrected chi connectivity index (χ1v) is 12.8. The minimum atomic E-state index is -2.80. The van der Waals surface area contributed by atoms with E-state index < -0.39 is 17.8 Å². The second-order valence-electron chi connectivity index (χ2n) is 10.3. The lowest BCUT2D eigenvalue weighted by atomic mass is 10.1. The van der Waals surface area contributed by atoms with Gasteiger partial charge in [0.25, 0.3) is 11.8 Å². The van der Waals surface area contributed by atoms with Crippen molar-refractivity contribution >= 4 is 11.6 Å². The van der Waals surface area contributed by atoms with Gasteiger partial charge in [-0.3, -0.25) is 9.69 Å². The van der Waals surface area contributed by atoms with Crippen LogP contribution in [-0.2, 0) is 19.5 Å². The van der Waals surface area contributed by atoms with E-state index in [1.807, 2.05) is 18.4 Å². The Labute approximate surface area is 214 Å². The molecule has 2 aromatic heterocycles. The van der Waals surface area contributed by atoms with Crippen molar-refractivity contribution in [2.45, 2.75) is 72.1 Å². The predicted molar refractivity (Wildman–Crippen MR) is 133 cm³/mol. The number of hydrogen-bond acceptors (Lipinski definition) is 5. The number of rotatable bonds is 7. The number of benzene rings is 1. The van der Waals surface area contributed by atoms with Crippen LogP contribution in [0.4, 0.5) is 13.2 Å². The monoisotopic (exact) mass is 515 g/mol. The van der Waals surface area contributed by atoms with Crippen molar-refractivity contribution in [1.82, 2.24) is 24.4 Å². The maximum absolute atomic E-state index is 14.1. The quantitative estimate of drug-likeness (QED) is 0.457. The standard InChI is InChI=1S/C27H32F3N5O2/c1-5-6-20-16(2)31-25-22-13-34(14-23(22)32-35(25)17(20)3)26(36)21-8-7-18(28)11-24(21)37-19-9-10-33(12-19)15-27(4,29)30/h7-8,11,19H,5-6,9-10,12-15H2,1-4H3/t19-/m1/s1. The Hall–Kier alpha value is -3.14. The van der Waals surface area contributed by atoms with Gasteiger partial charge in [0, 0.05) is 43.0 Å². The summed E-state index contributed by atoms with van der Waals surface area (Å²) in [7, 11) is 0. The molecule has 4 heterocycles. The van der Waals surface area contributed by atoms with Crippen LogP contribution in [0.1, 0.15) is 65.3 Å². The molecule has 1 aromatic carbocycles. The number of halogens is 3. The first-order valence-electron chi connectivity index (χ1n) is 12.8. The number of nitrogens with zero attached hydrogens (tertiary/aromatic N) is 5. The van der Waals surface area contributed by atoms with E-state index in [0.29, 0.717) is 32.6 Å². The van der Waals surface area contributed by atoms with Crippen LogP contribution >= 0.6 is 0 Å². The molecule has 1 saturated heterocycles. The zero-order valence-electron chi connectivity index (χ0n) is 21.7. The van der Waals surface area contributed by atoms with Gasteiger partial charge in [-0.2, -0.15) is 5.10 Å². The molecular formula is C27H32F3N5O2. The molecule has 7 nitrogen and oxygen atoms in total. The number of alkyl halides is 2. The third kappa shape index (κ3) is 5.03. The lowest BCUT2D eigenvalue weighted by molar-refractivity contribution is -0.0105. The molecule has 37 heavy (non-hydrogen) atoms. The molecule has 1 fully saturated rings. The van der Waals surface area contributed by atoms with Gasteiger partial charge in [0.2, 0.25) is 0 Å². The molecule has 0 bridgehead atoms. The SMILES string of the molecule is CCCc1c(C)nc2c3c(nn2c1C)CN(C(=O)c1ccc(F)cc1O[C@@H]1CCN(CC(C)(F)F)C1)C3. The lowest BCUT2D eigenvalue weighted by Gasteiger charge is -2.22. The van der Waals surface area contributed by atoms with Crippen molar-refractivity contribution in [3.8, 4) is 5.75 Å². The van der Waals surface area contributed by atoms with Gasteiger partial charge in [-0.05, 0) is 44.4 Å². The highest BCUT2D eigenvalue weighted by molar-refractivity contribution is 5.97. The predicted octanol–water partition coefficient (Wildman–Crippen LogP) is 4.70. The fourth-order valence-electron chi connectivity index (χ4n) is 5.47. The van der Waals surface area contributed by atoms with Crippen LogP contribution < -0.4 is 4.74 Å². The summed E-state index contributed by atoms with van der Waals surface area (Å²) in [6, 6.07) is 3.85. The summed E-state index contributed by atoms with van der Waals surface area (Å²) in [5.74, 6) is -3.49. The van der Waals surface area contributed by atoms with E-state index in [9.17, 15) is 18.0 Å². The van der Waals surface area contributed by atoms with E-state index in [2.05, 4.69) is 6.92 Å². The summed E-state index contributed by atoms with van der Waals surface area (Å²) in [4.78, 5) is 21.6. The Balaban J connectivity index is 1.35. The molecule has 0 spiro atoms. The lowest BCUT2D eigenvalue weighted by Crippen LogP contribution is -2.34. The molecule has 0 saturated carbocycles. The van der Waals surface area contributed by atoms with Crippen LogP contribution in [0.15, 0.2) is 18.2 Å². The molecule has 1 atom stereocenters. The normalized spacial score (nSPS) is 18.1. The maximum atomic E-state index is 14.1. The average Bonchev–Trinajstić information content (AvgIpc) is 3.51. The van der Waals surface area contributed by atoms with Gasteiger partial charge in [0.1, 0.15) is 17.7 Å². The number of amides is 1. The van der Waals surface area contributed by atoms with E-state index in [1.54, 1.807) is 9.80 Å². The van der Waals surface area contributed by atoms with Gasteiger partial charge in [0.05, 0.1) is 30.9 Å². The molecule has 10 heteroatoms. The number of ether oxygens (including phenoxy) is 1. The van der Waals surface area contributed by atoms with Gasteiger partial charge in [-0.15, -0.1) is 0 Å². The van der Waals surface area contributed by atoms with Crippen molar-refractivity contribution in [1.29, 1.82) is 0 Å². The van der Waals surface area contributed by atoms with E-state index >= 15 is 0 Å². The van der Waals surface area contributed by atoms with Crippen LogP contribution in [0.2, 0.25) is 0 Å². The molecule has 2 aliphatic heterocycles. The second-order valence-corrected chi connectivity index (χ2v) is 10.3. The summed E-state index contributed by atoms with van der Waals surface area (Å²) in [6.07, 6.45) is 2.08. The molecule has 0 radical (unpaired) electrons. The highest BCUT2D eigenvalue weighted by Crippen LogP contribution is 2.32. The highest BCUT2D eigenvalue weighted by Gasteiger charge is 2.34. The van der Waals surface area contributed by atoms with Crippen LogP contribution in [0.3, 0.4) is 0 Å². The third-order valence-electron chi connectivity index (χ3n) is 7.18. The maximum Gasteiger partial charge on any atom is 0.258 e. The van der Waals surface area contributed by atoms with E-state index in [0.717, 1.165) is 48.1 Å². The zero-order chi connectivity index (χ0) is 26.5. The van der Waals surface area contributed by atoms with Crippen LogP contribution in [0.5, 0.6) is 5.75 Å². The number of likely N-dealkylation sites (tertiary alicyclic amines) is 1. The van der Waals surface area contributed by atoms with Gasteiger partial charge in [0.15, 0.2) is 5.65 Å². The number of fused-ring (bicyclic) bond motifs is 3. The molecule has 0 N–H and O–H groups in total. The Morgan fingerprint density at radius 2 is 2.03 bits per heavy atom. The minimum absolute atomic E-state index is 0.132. The van der Waals surface area contributed by atoms with Crippen molar-refractivity contribution in [2.75, 3.05) is 19.6 Å². The van der Waals surface area contributed by atoms with E-state index in [-0.39, 0.29) is 23.8 Å². The number of carbonyl (C=O) groups excluding carboxylic acids is 1. The fraction of sp³-hybridized carbons (Fsp3) is 0.519. The molecule has 2 aliphatic rings. The third-order valence-corrected chi connectivity index (χ3v) is 7.18. The number of aryl methyl sites for hydroxylation is 2. The molecular weight excluding hydrogens is 483 g/mol. The molecule has 198 valence electrons. The van der Waals surface area contributed by atoms with Crippen molar-refractivity contribution in [3.05, 3.63) is 57.8 Å². The topological polar surface area (TPSA) is 63.0 Å². The Morgan fingerprint density at radius 1 is 1.24 bits per heavy atom. The smallest absolute Gasteiger partial charge is 0.258 e. The summed E-state index contributed by atoms with van der Waals surface area (Å²) >= 11 is 0. The Bertz CT molecular complexity index is 1350. The van der Waals surface area contributed by atoms with Gasteiger partial charge in [-0.25, -0.2) is 22.7 Å². The van der Waals surface area contributed by atoms with Crippen molar-refractivity contribution in [3.63, 3.8) is 0 Å². The van der Waals surface area contributed by atoms with Crippen LogP contribution in [0.25, 0.3) is 5.65 Å². The number of carbonyl (C=O) groups is 1. The van der Waals surface area contributed by atoms with E-state index in [1.165, 1.54) is 23.8 Å². The summed E-state index contributed by atoms with van der Waals surface area (Å²) < 4.78 is 48.8. The molecule has 5 rings (SSSR count). The van der Waals surface area contributed by atoms with Gasteiger partial charge >= 0.3 is 0 Å². The minimum Gasteiger partial charge on any atom is -0.488 e. The fourth-order valence-corrected chi connectivity index (χ4v) is 5.47. The molecule has 3 aromatic rings. The summed E-state index contributed by atoms with van der Waals surface area (Å²) in [6.45, 7) is 8.13. The average molecular weight is 516 g/mol.